The SMILES string of the molecule is CC(C)(C)CCN1CCC(C(=O)O)CC1.O.[LiH]. The Labute approximate surface area is 116 Å². The van der Waals surface area contributed by atoms with Gasteiger partial charge in [0.2, 0.25) is 0 Å². The molecule has 0 amide bonds. The molecule has 17 heavy (non-hydrogen) atoms. The van der Waals surface area contributed by atoms with Gasteiger partial charge in [-0.1, -0.05) is 20.8 Å². The van der Waals surface area contributed by atoms with E-state index in [0.717, 1.165) is 32.5 Å². The van der Waals surface area contributed by atoms with Crippen molar-refractivity contribution in [1.82, 2.24) is 4.90 Å². The van der Waals surface area contributed by atoms with Crippen molar-refractivity contribution in [2.75, 3.05) is 19.6 Å². The molecular formula is C12H26LiNO3. The molecule has 0 bridgehead atoms. The molecule has 0 saturated carbocycles. The van der Waals surface area contributed by atoms with E-state index in [4.69, 9.17) is 5.11 Å². The van der Waals surface area contributed by atoms with Crippen molar-refractivity contribution in [1.29, 1.82) is 0 Å². The van der Waals surface area contributed by atoms with Crippen molar-refractivity contribution in [2.45, 2.75) is 40.0 Å². The van der Waals surface area contributed by atoms with E-state index in [-0.39, 0.29) is 30.3 Å². The molecule has 98 valence electrons. The molecule has 0 atom stereocenters. The Morgan fingerprint density at radius 1 is 1.29 bits per heavy atom. The van der Waals surface area contributed by atoms with E-state index in [9.17, 15) is 4.79 Å². The first-order valence-electron chi connectivity index (χ1n) is 5.84. The Hall–Kier alpha value is -0.0126. The Balaban J connectivity index is 0. The van der Waals surface area contributed by atoms with E-state index >= 15 is 0 Å². The van der Waals surface area contributed by atoms with Gasteiger partial charge in [0.05, 0.1) is 5.92 Å². The van der Waals surface area contributed by atoms with Crippen LogP contribution < -0.4 is 0 Å². The van der Waals surface area contributed by atoms with Gasteiger partial charge in [0, 0.05) is 0 Å². The molecule has 4 nitrogen and oxygen atoms in total. The Morgan fingerprint density at radius 2 is 1.76 bits per heavy atom. The first kappa shape index (κ1) is 19.3. The fourth-order valence-electron chi connectivity index (χ4n) is 1.90. The van der Waals surface area contributed by atoms with Gasteiger partial charge in [-0.3, -0.25) is 4.79 Å². The number of piperidine rings is 1. The summed E-state index contributed by atoms with van der Waals surface area (Å²) in [6.07, 6.45) is 2.82. The Kier molecular flexibility index (Phi) is 9.27. The van der Waals surface area contributed by atoms with Gasteiger partial charge in [-0.2, -0.15) is 0 Å². The summed E-state index contributed by atoms with van der Waals surface area (Å²) >= 11 is 0. The standard InChI is InChI=1S/C12H23NO2.Li.H2O.H/c1-12(2,3)6-9-13-7-4-10(5-8-13)11(14)15;;;/h10H,4-9H2,1-3H3,(H,14,15);;1H2;. The van der Waals surface area contributed by atoms with Crippen LogP contribution in [-0.4, -0.2) is 59.9 Å². The van der Waals surface area contributed by atoms with Gasteiger partial charge in [-0.05, 0) is 44.3 Å². The molecule has 5 heteroatoms. The van der Waals surface area contributed by atoms with Gasteiger partial charge in [0.25, 0.3) is 0 Å². The number of aliphatic carboxylic acids is 1. The van der Waals surface area contributed by atoms with Crippen LogP contribution in [0.2, 0.25) is 0 Å². The van der Waals surface area contributed by atoms with Crippen molar-refractivity contribution in [2.24, 2.45) is 11.3 Å². The zero-order valence-corrected chi connectivity index (χ0v) is 10.6. The maximum atomic E-state index is 10.8. The molecule has 0 aliphatic carbocycles. The molecule has 0 aromatic carbocycles. The predicted octanol–water partition coefficient (Wildman–Crippen LogP) is 0.746. The summed E-state index contributed by atoms with van der Waals surface area (Å²) < 4.78 is 0. The van der Waals surface area contributed by atoms with Crippen LogP contribution in [0.25, 0.3) is 0 Å². The van der Waals surface area contributed by atoms with Crippen LogP contribution in [-0.2, 0) is 4.79 Å². The number of carboxylic acids is 1. The van der Waals surface area contributed by atoms with E-state index in [1.165, 1.54) is 6.42 Å². The van der Waals surface area contributed by atoms with Crippen LogP contribution in [0.5, 0.6) is 0 Å². The number of hydrogen-bond donors (Lipinski definition) is 1. The normalized spacial score (nSPS) is 18.1. The first-order chi connectivity index (χ1) is 6.88. The molecular weight excluding hydrogens is 213 g/mol. The molecule has 1 fully saturated rings. The van der Waals surface area contributed by atoms with Crippen LogP contribution in [0.4, 0.5) is 0 Å². The third kappa shape index (κ3) is 7.83. The summed E-state index contributed by atoms with van der Waals surface area (Å²) in [7, 11) is 0. The van der Waals surface area contributed by atoms with Gasteiger partial charge in [-0.15, -0.1) is 0 Å². The zero-order chi connectivity index (χ0) is 11.5. The van der Waals surface area contributed by atoms with Crippen LogP contribution in [0.3, 0.4) is 0 Å². The molecule has 0 radical (unpaired) electrons. The number of hydrogen-bond acceptors (Lipinski definition) is 2. The number of nitrogens with zero attached hydrogens (tertiary/aromatic N) is 1. The number of rotatable bonds is 3. The summed E-state index contributed by atoms with van der Waals surface area (Å²) in [4.78, 5) is 13.2. The average Bonchev–Trinajstić information content (AvgIpc) is 2.14. The van der Waals surface area contributed by atoms with Gasteiger partial charge in [0.1, 0.15) is 0 Å². The summed E-state index contributed by atoms with van der Waals surface area (Å²) in [5, 5.41) is 8.87. The monoisotopic (exact) mass is 239 g/mol. The second-order valence-corrected chi connectivity index (χ2v) is 5.76. The molecule has 1 rings (SSSR count). The molecule has 0 spiro atoms. The number of carbonyl (C=O) groups is 1. The van der Waals surface area contributed by atoms with E-state index in [2.05, 4.69) is 25.7 Å². The van der Waals surface area contributed by atoms with Crippen LogP contribution in [0.1, 0.15) is 40.0 Å². The minimum absolute atomic E-state index is 0. The zero-order valence-electron chi connectivity index (χ0n) is 10.6. The molecule has 0 aromatic rings. The molecule has 1 aliphatic heterocycles. The summed E-state index contributed by atoms with van der Waals surface area (Å²) in [6, 6.07) is 0. The van der Waals surface area contributed by atoms with Crippen LogP contribution in [0.15, 0.2) is 0 Å². The fourth-order valence-corrected chi connectivity index (χ4v) is 1.90. The second-order valence-electron chi connectivity index (χ2n) is 5.76. The van der Waals surface area contributed by atoms with Gasteiger partial charge >= 0.3 is 24.8 Å². The first-order valence-corrected chi connectivity index (χ1v) is 5.84. The quantitative estimate of drug-likeness (QED) is 0.738. The summed E-state index contributed by atoms with van der Waals surface area (Å²) in [6.45, 7) is 9.75. The van der Waals surface area contributed by atoms with Gasteiger partial charge in [0.15, 0.2) is 0 Å². The maximum absolute atomic E-state index is 10.8. The third-order valence-electron chi connectivity index (χ3n) is 3.11. The van der Waals surface area contributed by atoms with E-state index in [0.29, 0.717) is 5.41 Å². The van der Waals surface area contributed by atoms with Crippen molar-refractivity contribution < 1.29 is 15.4 Å². The third-order valence-corrected chi connectivity index (χ3v) is 3.11. The minimum atomic E-state index is -0.620. The van der Waals surface area contributed by atoms with E-state index in [1.54, 1.807) is 0 Å². The molecule has 1 heterocycles. The van der Waals surface area contributed by atoms with Crippen LogP contribution >= 0.6 is 0 Å². The van der Waals surface area contributed by atoms with Gasteiger partial charge < -0.3 is 15.5 Å². The van der Waals surface area contributed by atoms with Crippen molar-refractivity contribution in [3.63, 3.8) is 0 Å². The summed E-state index contributed by atoms with van der Waals surface area (Å²) in [5.74, 6) is -0.721. The molecule has 3 N–H and O–H groups in total. The van der Waals surface area contributed by atoms with Crippen LogP contribution in [0, 0.1) is 11.3 Å². The topological polar surface area (TPSA) is 72.0 Å². The molecule has 0 unspecified atom stereocenters. The Bertz CT molecular complexity index is 220. The predicted molar refractivity (Wildman–Crippen MR) is 71.6 cm³/mol. The van der Waals surface area contributed by atoms with E-state index in [1.807, 2.05) is 0 Å². The van der Waals surface area contributed by atoms with Crippen molar-refractivity contribution in [3.05, 3.63) is 0 Å². The number of likely N-dealkylation sites (tertiary alicyclic amines) is 1. The average molecular weight is 239 g/mol. The molecule has 1 aliphatic rings. The second kappa shape index (κ2) is 8.15. The van der Waals surface area contributed by atoms with Gasteiger partial charge in [-0.25, -0.2) is 0 Å². The molecule has 1 saturated heterocycles. The fraction of sp³-hybridized carbons (Fsp3) is 0.917. The van der Waals surface area contributed by atoms with E-state index < -0.39 is 5.97 Å². The molecule has 0 aromatic heterocycles. The number of carboxylic acid groups (broad SMARTS) is 1. The Morgan fingerprint density at radius 3 is 2.12 bits per heavy atom. The summed E-state index contributed by atoms with van der Waals surface area (Å²) in [5.41, 5.74) is 0.379. The van der Waals surface area contributed by atoms with Crippen molar-refractivity contribution in [3.8, 4) is 0 Å². The van der Waals surface area contributed by atoms with Crippen molar-refractivity contribution >= 4 is 24.8 Å².